The number of ether oxygens (including phenoxy) is 1. The third-order valence-corrected chi connectivity index (χ3v) is 8.11. The van der Waals surface area contributed by atoms with Crippen LogP contribution in [0, 0.1) is 5.41 Å². The predicted molar refractivity (Wildman–Crippen MR) is 119 cm³/mol. The van der Waals surface area contributed by atoms with Crippen LogP contribution < -0.4 is 10.0 Å². The number of anilines is 1. The van der Waals surface area contributed by atoms with Crippen LogP contribution in [0.5, 0.6) is 0 Å². The monoisotopic (exact) mass is 415 g/mol. The Morgan fingerprint density at radius 2 is 1.90 bits per heavy atom. The molecule has 5 nitrogen and oxygen atoms in total. The smallest absolute Gasteiger partial charge is 0.329 e. The number of amides is 2. The third-order valence-electron chi connectivity index (χ3n) is 7.24. The fraction of sp³-hybridized carbons (Fsp3) is 0.696. The maximum Gasteiger partial charge on any atom is 0.329 e. The molecule has 6 heteroatoms. The van der Waals surface area contributed by atoms with E-state index in [0.29, 0.717) is 11.5 Å². The summed E-state index contributed by atoms with van der Waals surface area (Å²) >= 11 is 1.49. The molecular formula is C23H33N3O2S. The molecule has 2 amide bonds. The molecule has 2 N–H and O–H groups in total. The van der Waals surface area contributed by atoms with Crippen LogP contribution in [0.4, 0.5) is 10.5 Å². The van der Waals surface area contributed by atoms with Gasteiger partial charge in [0, 0.05) is 36.0 Å². The number of likely N-dealkylation sites (tertiary alicyclic amines) is 1. The van der Waals surface area contributed by atoms with Crippen molar-refractivity contribution in [2.24, 2.45) is 5.41 Å². The lowest BCUT2D eigenvalue weighted by molar-refractivity contribution is -0.0273. The number of hydrogen-bond acceptors (Lipinski definition) is 4. The van der Waals surface area contributed by atoms with E-state index in [0.717, 1.165) is 63.2 Å². The molecule has 2 fully saturated rings. The van der Waals surface area contributed by atoms with Crippen molar-refractivity contribution in [1.82, 2.24) is 9.62 Å². The zero-order valence-corrected chi connectivity index (χ0v) is 18.5. The summed E-state index contributed by atoms with van der Waals surface area (Å²) in [6.07, 6.45) is 8.28. The summed E-state index contributed by atoms with van der Waals surface area (Å²) in [6, 6.07) is 2.93. The zero-order valence-electron chi connectivity index (χ0n) is 17.7. The van der Waals surface area contributed by atoms with Crippen LogP contribution in [-0.2, 0) is 30.4 Å². The van der Waals surface area contributed by atoms with Gasteiger partial charge in [0.05, 0.1) is 12.7 Å². The second kappa shape index (κ2) is 7.78. The summed E-state index contributed by atoms with van der Waals surface area (Å²) in [5, 5.41) is 3.21. The highest BCUT2D eigenvalue weighted by atomic mass is 32.2. The van der Waals surface area contributed by atoms with Gasteiger partial charge < -0.3 is 10.1 Å². The van der Waals surface area contributed by atoms with E-state index in [1.165, 1.54) is 47.0 Å². The summed E-state index contributed by atoms with van der Waals surface area (Å²) in [6.45, 7) is 7.70. The normalized spacial score (nSPS) is 24.6. The van der Waals surface area contributed by atoms with Gasteiger partial charge in [-0.05, 0) is 93.0 Å². The predicted octanol–water partition coefficient (Wildman–Crippen LogP) is 3.93. The van der Waals surface area contributed by atoms with E-state index >= 15 is 0 Å². The number of carbonyl (C=O) groups excluding carboxylic acids is 1. The van der Waals surface area contributed by atoms with Gasteiger partial charge in [-0.3, -0.25) is 9.62 Å². The van der Waals surface area contributed by atoms with E-state index in [1.807, 2.05) is 0 Å². The molecule has 5 rings (SSSR count). The first kappa shape index (κ1) is 19.7. The molecule has 1 spiro atoms. The van der Waals surface area contributed by atoms with Crippen molar-refractivity contribution in [2.45, 2.75) is 70.9 Å². The molecule has 0 bridgehead atoms. The van der Waals surface area contributed by atoms with Crippen LogP contribution in [-0.4, -0.2) is 48.5 Å². The minimum atomic E-state index is -0.0910. The third kappa shape index (κ3) is 3.79. The Morgan fingerprint density at radius 3 is 2.55 bits per heavy atom. The summed E-state index contributed by atoms with van der Waals surface area (Å²) < 4.78 is 9.05. The quantitative estimate of drug-likeness (QED) is 0.716. The summed E-state index contributed by atoms with van der Waals surface area (Å²) in [5.41, 5.74) is 7.15. The highest BCUT2D eigenvalue weighted by Gasteiger charge is 2.49. The Bertz CT molecular complexity index is 772. The fourth-order valence-corrected chi connectivity index (χ4v) is 6.38. The molecule has 2 heterocycles. The summed E-state index contributed by atoms with van der Waals surface area (Å²) in [4.78, 5) is 15.1. The fourth-order valence-electron chi connectivity index (χ4n) is 5.71. The highest BCUT2D eigenvalue weighted by Crippen LogP contribution is 2.42. The molecule has 158 valence electrons. The molecule has 1 atom stereocenters. The van der Waals surface area contributed by atoms with E-state index in [4.69, 9.17) is 4.74 Å². The largest absolute Gasteiger partial charge is 0.377 e. The summed E-state index contributed by atoms with van der Waals surface area (Å²) in [7, 11) is 0. The van der Waals surface area contributed by atoms with Gasteiger partial charge in [0.1, 0.15) is 0 Å². The zero-order chi connectivity index (χ0) is 20.0. The number of rotatable bonds is 5. The first-order valence-electron chi connectivity index (χ1n) is 11.2. The van der Waals surface area contributed by atoms with E-state index < -0.39 is 0 Å². The average molecular weight is 416 g/mol. The van der Waals surface area contributed by atoms with Crippen molar-refractivity contribution in [3.05, 3.63) is 28.3 Å². The Balaban J connectivity index is 1.12. The first-order chi connectivity index (χ1) is 14.0. The lowest BCUT2D eigenvalue weighted by Gasteiger charge is -2.49. The maximum atomic E-state index is 12.6. The first-order valence-corrected chi connectivity index (χ1v) is 12.2. The van der Waals surface area contributed by atoms with Crippen molar-refractivity contribution in [1.29, 1.82) is 0 Å². The number of urea groups is 1. The Morgan fingerprint density at radius 1 is 1.21 bits per heavy atom. The van der Waals surface area contributed by atoms with Crippen LogP contribution >= 0.6 is 11.9 Å². The van der Waals surface area contributed by atoms with Crippen molar-refractivity contribution in [2.75, 3.05) is 30.8 Å². The van der Waals surface area contributed by atoms with Crippen LogP contribution in [0.25, 0.3) is 0 Å². The molecule has 4 aliphatic rings. The second-order valence-corrected chi connectivity index (χ2v) is 10.6. The number of nitrogens with one attached hydrogen (secondary N) is 2. The Hall–Kier alpha value is -1.24. The van der Waals surface area contributed by atoms with Gasteiger partial charge in [-0.1, -0.05) is 6.07 Å². The molecule has 1 unspecified atom stereocenters. The molecule has 2 saturated heterocycles. The molecule has 1 aromatic carbocycles. The number of hydrogen-bond donors (Lipinski definition) is 2. The molecule has 2 aliphatic heterocycles. The van der Waals surface area contributed by atoms with Crippen molar-refractivity contribution >= 4 is 23.7 Å². The van der Waals surface area contributed by atoms with Crippen molar-refractivity contribution < 1.29 is 9.53 Å². The van der Waals surface area contributed by atoms with E-state index in [-0.39, 0.29) is 12.1 Å². The van der Waals surface area contributed by atoms with Gasteiger partial charge in [0.15, 0.2) is 0 Å². The lowest BCUT2D eigenvalue weighted by atomic mass is 9.77. The molecule has 0 aromatic heterocycles. The minimum absolute atomic E-state index is 0.0910. The van der Waals surface area contributed by atoms with E-state index in [9.17, 15) is 4.79 Å². The molecule has 2 aliphatic carbocycles. The van der Waals surface area contributed by atoms with E-state index in [1.54, 1.807) is 0 Å². The van der Waals surface area contributed by atoms with Crippen LogP contribution in [0.15, 0.2) is 6.07 Å². The van der Waals surface area contributed by atoms with Crippen LogP contribution in [0.3, 0.4) is 0 Å². The number of carbonyl (C=O) groups is 1. The number of benzene rings is 1. The van der Waals surface area contributed by atoms with Gasteiger partial charge in [-0.15, -0.1) is 0 Å². The molecule has 0 saturated carbocycles. The Kier molecular flexibility index (Phi) is 5.29. The van der Waals surface area contributed by atoms with E-state index in [2.05, 4.69) is 34.9 Å². The molecule has 0 radical (unpaired) electrons. The van der Waals surface area contributed by atoms with Gasteiger partial charge in [-0.25, -0.2) is 4.79 Å². The minimum Gasteiger partial charge on any atom is -0.377 e. The van der Waals surface area contributed by atoms with Crippen LogP contribution in [0.1, 0.15) is 55.4 Å². The topological polar surface area (TPSA) is 53.6 Å². The number of fused-ring (bicyclic) bond motifs is 2. The SMILES string of the molecule is CC(C)N1CC2(COC(CSNC(=O)Nc3c4c(cc5c3CCC5)CCC4)C2)C1. The molecular weight excluding hydrogens is 382 g/mol. The highest BCUT2D eigenvalue weighted by molar-refractivity contribution is 7.97. The van der Waals surface area contributed by atoms with Crippen LogP contribution in [0.2, 0.25) is 0 Å². The standard InChI is InChI=1S/C23H33N3O2S/c1-15(2)26-12-23(13-26)10-18(28-14-23)11-29-25-22(27)24-21-19-7-3-5-16(19)9-17-6-4-8-20(17)21/h9,15,18H,3-8,10-14H2,1-2H3,(H2,24,25,27). The van der Waals surface area contributed by atoms with Crippen molar-refractivity contribution in [3.8, 4) is 0 Å². The number of aryl methyl sites for hydroxylation is 2. The second-order valence-electron chi connectivity index (χ2n) is 9.74. The van der Waals surface area contributed by atoms with Gasteiger partial charge in [0.25, 0.3) is 0 Å². The maximum absolute atomic E-state index is 12.6. The summed E-state index contributed by atoms with van der Waals surface area (Å²) in [5.74, 6) is 0.821. The Labute approximate surface area is 178 Å². The molecule has 1 aromatic rings. The van der Waals surface area contributed by atoms with Gasteiger partial charge in [0.2, 0.25) is 0 Å². The van der Waals surface area contributed by atoms with Gasteiger partial charge >= 0.3 is 6.03 Å². The van der Waals surface area contributed by atoms with Gasteiger partial charge in [-0.2, -0.15) is 0 Å². The molecule has 29 heavy (non-hydrogen) atoms. The van der Waals surface area contributed by atoms with Crippen molar-refractivity contribution in [3.63, 3.8) is 0 Å². The lowest BCUT2D eigenvalue weighted by Crippen LogP contribution is -2.59. The average Bonchev–Trinajstić information content (AvgIpc) is 3.38. The number of nitrogens with zero attached hydrogens (tertiary/aromatic N) is 1.